The van der Waals surface area contributed by atoms with Gasteiger partial charge in [0.25, 0.3) is 5.89 Å². The molecule has 0 saturated carbocycles. The zero-order chi connectivity index (χ0) is 17.1. The number of ether oxygens (including phenoxy) is 1. The van der Waals surface area contributed by atoms with Gasteiger partial charge in [-0.2, -0.15) is 8.78 Å². The second-order valence-corrected chi connectivity index (χ2v) is 5.30. The second-order valence-electron chi connectivity index (χ2n) is 5.30. The van der Waals surface area contributed by atoms with Gasteiger partial charge in [0.2, 0.25) is 11.8 Å². The molecule has 0 fully saturated rings. The van der Waals surface area contributed by atoms with Crippen LogP contribution in [0, 0.1) is 0 Å². The predicted molar refractivity (Wildman–Crippen MR) is 79.4 cm³/mol. The molecule has 0 atom stereocenters. The van der Waals surface area contributed by atoms with Crippen molar-refractivity contribution in [3.63, 3.8) is 0 Å². The maximum Gasteiger partial charge on any atom is 0.314 e. The molecule has 3 rings (SSSR count). The number of halogens is 2. The molecule has 3 aromatic heterocycles. The number of aromatic nitrogens is 5. The van der Waals surface area contributed by atoms with Crippen molar-refractivity contribution in [3.8, 4) is 17.3 Å². The molecule has 0 amide bonds. The second kappa shape index (κ2) is 6.73. The van der Waals surface area contributed by atoms with E-state index in [0.717, 1.165) is 0 Å². The van der Waals surface area contributed by atoms with Crippen LogP contribution in [-0.2, 0) is 6.61 Å². The van der Waals surface area contributed by atoms with Gasteiger partial charge < -0.3 is 9.15 Å². The molecule has 0 aliphatic rings. The van der Waals surface area contributed by atoms with Crippen molar-refractivity contribution in [2.75, 3.05) is 0 Å². The number of hydrogen-bond donors (Lipinski definition) is 0. The molecule has 0 aliphatic carbocycles. The number of alkyl halides is 2. The molecular weight excluding hydrogens is 320 g/mol. The third kappa shape index (κ3) is 3.55. The van der Waals surface area contributed by atoms with Crippen molar-refractivity contribution in [3.05, 3.63) is 42.2 Å². The van der Waals surface area contributed by atoms with Crippen LogP contribution in [0.2, 0.25) is 0 Å². The Balaban J connectivity index is 1.63. The fourth-order valence-electron chi connectivity index (χ4n) is 1.91. The molecule has 0 bridgehead atoms. The maximum absolute atomic E-state index is 12.4. The number of hydrogen-bond acceptors (Lipinski definition) is 6. The van der Waals surface area contributed by atoms with Crippen LogP contribution < -0.4 is 4.74 Å². The lowest BCUT2D eigenvalue weighted by atomic mass is 10.2. The summed E-state index contributed by atoms with van der Waals surface area (Å²) in [6, 6.07) is 5.38. The summed E-state index contributed by atoms with van der Waals surface area (Å²) in [6.45, 7) is 4.28. The zero-order valence-corrected chi connectivity index (χ0v) is 13.1. The average molecular weight is 335 g/mol. The molecule has 9 heteroatoms. The van der Waals surface area contributed by atoms with Gasteiger partial charge in [0.15, 0.2) is 0 Å². The van der Waals surface area contributed by atoms with Crippen molar-refractivity contribution in [1.29, 1.82) is 0 Å². The molecule has 0 aliphatic heterocycles. The van der Waals surface area contributed by atoms with Crippen molar-refractivity contribution >= 4 is 0 Å². The molecule has 3 aromatic rings. The van der Waals surface area contributed by atoms with E-state index in [-0.39, 0.29) is 18.5 Å². The topological polar surface area (TPSA) is 78.9 Å². The first-order valence-electron chi connectivity index (χ1n) is 7.27. The first-order valence-corrected chi connectivity index (χ1v) is 7.27. The van der Waals surface area contributed by atoms with Crippen LogP contribution in [0.1, 0.15) is 37.9 Å². The van der Waals surface area contributed by atoms with E-state index < -0.39 is 12.3 Å². The summed E-state index contributed by atoms with van der Waals surface area (Å²) in [6.07, 6.45) is 0.512. The molecule has 0 N–H and O–H groups in total. The lowest BCUT2D eigenvalue weighted by Gasteiger charge is -2.05. The van der Waals surface area contributed by atoms with E-state index in [1.807, 2.05) is 20.0 Å². The van der Waals surface area contributed by atoms with E-state index in [4.69, 9.17) is 9.15 Å². The van der Waals surface area contributed by atoms with Crippen LogP contribution in [0.25, 0.3) is 11.5 Å². The molecule has 126 valence electrons. The minimum Gasteiger partial charge on any atom is -0.470 e. The van der Waals surface area contributed by atoms with Gasteiger partial charge in [0.1, 0.15) is 6.61 Å². The molecular formula is C15H15F2N5O2. The average Bonchev–Trinajstić information content (AvgIpc) is 3.23. The highest BCUT2D eigenvalue weighted by Crippen LogP contribution is 2.22. The standard InChI is InChI=1S/C15H15F2N5O2/c1-9(2)22-6-5-12(21-22)23-8-11-4-3-10(7-18-11)14-19-20-15(24-14)13(16)17/h3-7,9,13H,8H2,1-2H3. The molecule has 0 unspecified atom stereocenters. The third-order valence-corrected chi connectivity index (χ3v) is 3.18. The van der Waals surface area contributed by atoms with Gasteiger partial charge in [-0.05, 0) is 26.0 Å². The van der Waals surface area contributed by atoms with Gasteiger partial charge in [-0.1, -0.05) is 0 Å². The molecule has 0 aromatic carbocycles. The highest BCUT2D eigenvalue weighted by atomic mass is 19.3. The van der Waals surface area contributed by atoms with Crippen molar-refractivity contribution < 1.29 is 17.9 Å². The Morgan fingerprint density at radius 3 is 2.62 bits per heavy atom. The van der Waals surface area contributed by atoms with E-state index >= 15 is 0 Å². The Kier molecular flexibility index (Phi) is 4.50. The molecule has 7 nitrogen and oxygen atoms in total. The van der Waals surface area contributed by atoms with Crippen molar-refractivity contribution in [2.45, 2.75) is 32.9 Å². The Bertz CT molecular complexity index is 798. The van der Waals surface area contributed by atoms with Gasteiger partial charge in [-0.15, -0.1) is 15.3 Å². The summed E-state index contributed by atoms with van der Waals surface area (Å²) < 4.78 is 37.1. The van der Waals surface area contributed by atoms with E-state index in [0.29, 0.717) is 17.1 Å². The molecule has 24 heavy (non-hydrogen) atoms. The highest BCUT2D eigenvalue weighted by Gasteiger charge is 2.17. The van der Waals surface area contributed by atoms with Gasteiger partial charge in [-0.25, -0.2) is 0 Å². The normalized spacial score (nSPS) is 11.4. The van der Waals surface area contributed by atoms with Gasteiger partial charge in [0, 0.05) is 24.5 Å². The summed E-state index contributed by atoms with van der Waals surface area (Å²) >= 11 is 0. The quantitative estimate of drug-likeness (QED) is 0.687. The Labute approximate surface area is 136 Å². The third-order valence-electron chi connectivity index (χ3n) is 3.18. The molecule has 3 heterocycles. The monoisotopic (exact) mass is 335 g/mol. The fourth-order valence-corrected chi connectivity index (χ4v) is 1.91. The van der Waals surface area contributed by atoms with Crippen molar-refractivity contribution in [2.24, 2.45) is 0 Å². The van der Waals surface area contributed by atoms with E-state index in [9.17, 15) is 8.78 Å². The van der Waals surface area contributed by atoms with Crippen molar-refractivity contribution in [1.82, 2.24) is 25.0 Å². The molecule has 0 radical (unpaired) electrons. The van der Waals surface area contributed by atoms with Gasteiger partial charge >= 0.3 is 6.43 Å². The predicted octanol–water partition coefficient (Wildman–Crippen LogP) is 3.43. The number of rotatable bonds is 6. The summed E-state index contributed by atoms with van der Waals surface area (Å²) in [5.41, 5.74) is 1.12. The fraction of sp³-hybridized carbons (Fsp3) is 0.333. The van der Waals surface area contributed by atoms with Crippen LogP contribution in [0.15, 0.2) is 35.0 Å². The Hall–Kier alpha value is -2.84. The summed E-state index contributed by atoms with van der Waals surface area (Å²) in [7, 11) is 0. The highest BCUT2D eigenvalue weighted by molar-refractivity contribution is 5.50. The van der Waals surface area contributed by atoms with Gasteiger partial charge in [-0.3, -0.25) is 9.67 Å². The number of pyridine rings is 1. The van der Waals surface area contributed by atoms with Crippen LogP contribution in [0.4, 0.5) is 8.78 Å². The Morgan fingerprint density at radius 2 is 2.04 bits per heavy atom. The van der Waals surface area contributed by atoms with E-state index in [1.54, 1.807) is 22.9 Å². The maximum atomic E-state index is 12.4. The summed E-state index contributed by atoms with van der Waals surface area (Å²) in [5.74, 6) is -0.202. The molecule has 0 spiro atoms. The lowest BCUT2D eigenvalue weighted by molar-refractivity contribution is 0.116. The number of nitrogens with zero attached hydrogens (tertiary/aromatic N) is 5. The summed E-state index contributed by atoms with van der Waals surface area (Å²) in [5, 5.41) is 11.1. The van der Waals surface area contributed by atoms with Crippen LogP contribution in [0.3, 0.4) is 0 Å². The Morgan fingerprint density at radius 1 is 1.21 bits per heavy atom. The van der Waals surface area contributed by atoms with Crippen LogP contribution in [-0.4, -0.2) is 25.0 Å². The largest absolute Gasteiger partial charge is 0.470 e. The zero-order valence-electron chi connectivity index (χ0n) is 13.1. The minimum absolute atomic E-state index is 0.000875. The summed E-state index contributed by atoms with van der Waals surface area (Å²) in [4.78, 5) is 4.19. The first kappa shape index (κ1) is 16.0. The smallest absolute Gasteiger partial charge is 0.314 e. The van der Waals surface area contributed by atoms with Gasteiger partial charge in [0.05, 0.1) is 11.3 Å². The minimum atomic E-state index is -2.79. The van der Waals surface area contributed by atoms with Crippen LogP contribution >= 0.6 is 0 Å². The molecule has 0 saturated heterocycles. The SMILES string of the molecule is CC(C)n1ccc(OCc2ccc(-c3nnc(C(F)F)o3)cn2)n1. The first-order chi connectivity index (χ1) is 11.5. The van der Waals surface area contributed by atoms with Crippen LogP contribution in [0.5, 0.6) is 5.88 Å². The lowest BCUT2D eigenvalue weighted by Crippen LogP contribution is -2.03. The van der Waals surface area contributed by atoms with E-state index in [2.05, 4.69) is 20.3 Å². The van der Waals surface area contributed by atoms with E-state index in [1.165, 1.54) is 6.20 Å².